The van der Waals surface area contributed by atoms with Gasteiger partial charge in [0.1, 0.15) is 29.5 Å². The number of carbonyl (C=O) groups is 1. The van der Waals surface area contributed by atoms with Crippen LogP contribution in [-0.4, -0.2) is 45.9 Å². The van der Waals surface area contributed by atoms with Crippen LogP contribution in [0.4, 0.5) is 28.9 Å². The van der Waals surface area contributed by atoms with Crippen LogP contribution in [0.3, 0.4) is 0 Å². The Morgan fingerprint density at radius 1 is 0.629 bits per heavy atom. The number of benzene rings is 5. The Labute approximate surface area is 360 Å². The molecule has 8 nitrogen and oxygen atoms in total. The van der Waals surface area contributed by atoms with Crippen molar-refractivity contribution in [3.8, 4) is 11.5 Å². The van der Waals surface area contributed by atoms with Gasteiger partial charge in [0.25, 0.3) is 0 Å². The summed E-state index contributed by atoms with van der Waals surface area (Å²) in [5.74, 6) is -8.20. The molecule has 6 rings (SSSR count). The topological polar surface area (TPSA) is 87.3 Å². The van der Waals surface area contributed by atoms with Gasteiger partial charge in [-0.3, -0.25) is 0 Å². The van der Waals surface area contributed by atoms with E-state index in [1.54, 1.807) is 48.5 Å². The summed E-state index contributed by atoms with van der Waals surface area (Å²) in [5.41, 5.74) is 1.58. The Morgan fingerprint density at radius 2 is 1.05 bits per heavy atom. The molecule has 0 saturated carbocycles. The van der Waals surface area contributed by atoms with Crippen molar-refractivity contribution in [1.29, 1.82) is 0 Å². The van der Waals surface area contributed by atoms with E-state index in [9.17, 15) is 4.79 Å². The highest BCUT2D eigenvalue weighted by molar-refractivity contribution is 5.99. The lowest BCUT2D eigenvalue weighted by Crippen LogP contribution is -2.26. The van der Waals surface area contributed by atoms with Gasteiger partial charge in [0.15, 0.2) is 28.9 Å². The maximum Gasteiger partial charge on any atom is 0.343 e. The van der Waals surface area contributed by atoms with Gasteiger partial charge in [0, 0.05) is 35.7 Å². The van der Waals surface area contributed by atoms with Crippen LogP contribution in [0, 0.1) is 37.1 Å². The van der Waals surface area contributed by atoms with Gasteiger partial charge in [0.05, 0.1) is 19.8 Å². The second-order valence-corrected chi connectivity index (χ2v) is 14.9. The molecule has 0 saturated heterocycles. The third-order valence-corrected chi connectivity index (χ3v) is 10.7. The average molecular weight is 853 g/mol. The standard InChI is InChI=1S/C50H52F4N2O6/c1-9-41(60-11-3)55-39-25-29(5)13-23-35(39)37(31-15-19-33(58-7)20-16-31)27-50(44-43(49(57)62-50)45(51)47(53)48(54)46(44)52)28-38(32-17-21-34(59-8)22-18-32)36-24-14-30(6)26-40(36)56-42(10-2)61-12-4/h13-28,41-42,55-56H,9-12H2,1-8H3. The summed E-state index contributed by atoms with van der Waals surface area (Å²) in [4.78, 5) is 14.1. The minimum absolute atomic E-state index is 0.363. The number of hydrogen-bond acceptors (Lipinski definition) is 8. The molecular formula is C50H52F4N2O6. The van der Waals surface area contributed by atoms with Gasteiger partial charge in [-0.05, 0) is 122 Å². The highest BCUT2D eigenvalue weighted by Crippen LogP contribution is 2.49. The molecule has 0 aromatic heterocycles. The monoisotopic (exact) mass is 852 g/mol. The fourth-order valence-corrected chi connectivity index (χ4v) is 7.59. The number of carbonyl (C=O) groups excluding carboxylic acids is 1. The summed E-state index contributed by atoms with van der Waals surface area (Å²) in [5, 5.41) is 6.96. The number of methoxy groups -OCH3 is 2. The summed E-state index contributed by atoms with van der Waals surface area (Å²) in [6.45, 7) is 12.4. The van der Waals surface area contributed by atoms with Crippen molar-refractivity contribution < 1.29 is 46.0 Å². The zero-order valence-corrected chi connectivity index (χ0v) is 36.2. The van der Waals surface area contributed by atoms with E-state index in [0.717, 1.165) is 11.1 Å². The molecule has 12 heteroatoms. The highest BCUT2D eigenvalue weighted by Gasteiger charge is 2.50. The summed E-state index contributed by atoms with van der Waals surface area (Å²) in [6.07, 6.45) is 3.26. The van der Waals surface area contributed by atoms with Gasteiger partial charge in [-0.2, -0.15) is 0 Å². The zero-order chi connectivity index (χ0) is 44.7. The molecule has 0 amide bonds. The van der Waals surface area contributed by atoms with Crippen molar-refractivity contribution in [3.05, 3.63) is 165 Å². The lowest BCUT2D eigenvalue weighted by atomic mass is 9.82. The van der Waals surface area contributed by atoms with Crippen molar-refractivity contribution in [1.82, 2.24) is 0 Å². The van der Waals surface area contributed by atoms with Crippen LogP contribution in [-0.2, 0) is 19.8 Å². The number of ether oxygens (including phenoxy) is 5. The molecule has 2 unspecified atom stereocenters. The molecular weight excluding hydrogens is 801 g/mol. The minimum Gasteiger partial charge on any atom is -0.497 e. The number of rotatable bonds is 18. The molecule has 5 aromatic carbocycles. The number of esters is 1. The molecule has 0 fully saturated rings. The number of fused-ring (bicyclic) bond motifs is 1. The van der Waals surface area contributed by atoms with Gasteiger partial charge in [0.2, 0.25) is 0 Å². The number of halogens is 4. The second kappa shape index (κ2) is 19.7. The first-order valence-corrected chi connectivity index (χ1v) is 20.6. The maximum atomic E-state index is 16.8. The van der Waals surface area contributed by atoms with E-state index < -0.39 is 58.4 Å². The average Bonchev–Trinajstić information content (AvgIpc) is 3.57. The van der Waals surface area contributed by atoms with Gasteiger partial charge < -0.3 is 34.3 Å². The smallest absolute Gasteiger partial charge is 0.343 e. The van der Waals surface area contributed by atoms with Gasteiger partial charge in [-0.25, -0.2) is 22.4 Å². The van der Waals surface area contributed by atoms with Crippen LogP contribution < -0.4 is 20.1 Å². The quantitative estimate of drug-likeness (QED) is 0.0296. The van der Waals surface area contributed by atoms with Crippen LogP contribution >= 0.6 is 0 Å². The highest BCUT2D eigenvalue weighted by atomic mass is 19.2. The number of nitrogens with one attached hydrogen (secondary N) is 2. The van der Waals surface area contributed by atoms with Gasteiger partial charge in [-0.1, -0.05) is 62.4 Å². The Morgan fingerprint density at radius 3 is 1.44 bits per heavy atom. The number of anilines is 2. The Kier molecular flexibility index (Phi) is 14.5. The molecule has 1 aliphatic heterocycles. The molecule has 0 spiro atoms. The number of hydrogen-bond donors (Lipinski definition) is 2. The third kappa shape index (κ3) is 9.36. The fourth-order valence-electron chi connectivity index (χ4n) is 7.59. The van der Waals surface area contributed by atoms with Crippen LogP contribution in [0.2, 0.25) is 0 Å². The van der Waals surface area contributed by atoms with Crippen LogP contribution in [0.5, 0.6) is 11.5 Å². The summed E-state index contributed by atoms with van der Waals surface area (Å²) in [7, 11) is 3.05. The predicted molar refractivity (Wildman–Crippen MR) is 235 cm³/mol. The van der Waals surface area contributed by atoms with Crippen molar-refractivity contribution in [2.45, 2.75) is 72.4 Å². The largest absolute Gasteiger partial charge is 0.497 e. The first-order valence-electron chi connectivity index (χ1n) is 20.6. The molecule has 1 heterocycles. The molecule has 326 valence electrons. The predicted octanol–water partition coefficient (Wildman–Crippen LogP) is 11.9. The molecule has 62 heavy (non-hydrogen) atoms. The minimum atomic E-state index is -2.42. The summed E-state index contributed by atoms with van der Waals surface area (Å²) in [6, 6.07) is 25.2. The van der Waals surface area contributed by atoms with Gasteiger partial charge >= 0.3 is 5.97 Å². The second-order valence-electron chi connectivity index (χ2n) is 14.9. The van der Waals surface area contributed by atoms with Crippen molar-refractivity contribution in [3.63, 3.8) is 0 Å². The van der Waals surface area contributed by atoms with E-state index in [4.69, 9.17) is 23.7 Å². The van der Waals surface area contributed by atoms with Crippen molar-refractivity contribution in [2.24, 2.45) is 0 Å². The number of cyclic esters (lactones) is 1. The lowest BCUT2D eigenvalue weighted by molar-refractivity contribution is 0.0291. The number of aryl methyl sites for hydroxylation is 2. The van der Waals surface area contributed by atoms with Crippen molar-refractivity contribution >= 4 is 28.5 Å². The lowest BCUT2D eigenvalue weighted by Gasteiger charge is -2.28. The Hall–Kier alpha value is -6.11. The van der Waals surface area contributed by atoms with Gasteiger partial charge in [-0.15, -0.1) is 0 Å². The molecule has 0 aliphatic carbocycles. The SMILES string of the molecule is CCOC(CC)Nc1cc(C)ccc1C(=CC1(C=C(c2ccc(OC)cc2)c2ccc(C)cc2NC(CC)OCC)OC(=O)c2c(F)c(F)c(F)c(F)c21)c1ccc(OC)cc1. The molecule has 0 bridgehead atoms. The zero-order valence-electron chi connectivity index (χ0n) is 36.2. The maximum absolute atomic E-state index is 16.8. The molecule has 5 aromatic rings. The van der Waals surface area contributed by atoms with Crippen LogP contribution in [0.1, 0.15) is 89.8 Å². The van der Waals surface area contributed by atoms with E-state index in [2.05, 4.69) is 10.6 Å². The van der Waals surface area contributed by atoms with E-state index in [0.29, 0.717) is 82.3 Å². The normalized spacial score (nSPS) is 16.1. The Balaban J connectivity index is 1.79. The van der Waals surface area contributed by atoms with Crippen LogP contribution in [0.25, 0.3) is 11.1 Å². The fraction of sp³-hybridized carbons (Fsp3) is 0.300. The summed E-state index contributed by atoms with van der Waals surface area (Å²) < 4.78 is 92.8. The first kappa shape index (κ1) is 45.4. The molecule has 2 N–H and O–H groups in total. The summed E-state index contributed by atoms with van der Waals surface area (Å²) >= 11 is 0. The Bertz CT molecular complexity index is 2340. The van der Waals surface area contributed by atoms with E-state index in [-0.39, 0.29) is 0 Å². The molecule has 0 radical (unpaired) electrons. The van der Waals surface area contributed by atoms with E-state index in [1.807, 2.05) is 77.9 Å². The van der Waals surface area contributed by atoms with E-state index >= 15 is 17.6 Å². The molecule has 2 atom stereocenters. The van der Waals surface area contributed by atoms with E-state index in [1.165, 1.54) is 26.4 Å². The van der Waals surface area contributed by atoms with Crippen molar-refractivity contribution in [2.75, 3.05) is 38.1 Å². The first-order chi connectivity index (χ1) is 29.8. The molecule has 1 aliphatic rings. The third-order valence-electron chi connectivity index (χ3n) is 10.7. The van der Waals surface area contributed by atoms with Crippen LogP contribution in [0.15, 0.2) is 97.1 Å².